The Hall–Kier alpha value is -1.33. The largest absolute Gasteiger partial charge is 0.315 e. The van der Waals surface area contributed by atoms with Gasteiger partial charge in [-0.2, -0.15) is 5.26 Å². The Bertz CT molecular complexity index is 399. The summed E-state index contributed by atoms with van der Waals surface area (Å²) in [6, 6.07) is 12.4. The lowest BCUT2D eigenvalue weighted by atomic mass is 9.88. The van der Waals surface area contributed by atoms with Gasteiger partial charge < -0.3 is 5.32 Å². The molecule has 1 aliphatic carbocycles. The van der Waals surface area contributed by atoms with Crippen molar-refractivity contribution in [1.82, 2.24) is 5.32 Å². The lowest BCUT2D eigenvalue weighted by Crippen LogP contribution is -2.32. The maximum absolute atomic E-state index is 9.25. The van der Waals surface area contributed by atoms with Gasteiger partial charge in [0.1, 0.15) is 0 Å². The van der Waals surface area contributed by atoms with Crippen LogP contribution in [-0.2, 0) is 0 Å². The van der Waals surface area contributed by atoms with E-state index in [2.05, 4.69) is 18.3 Å². The summed E-state index contributed by atoms with van der Waals surface area (Å²) >= 11 is 0. The van der Waals surface area contributed by atoms with E-state index >= 15 is 0 Å². The van der Waals surface area contributed by atoms with Crippen LogP contribution in [0.15, 0.2) is 30.3 Å². The number of benzene rings is 1. The molecule has 0 radical (unpaired) electrons. The summed E-state index contributed by atoms with van der Waals surface area (Å²) in [5.74, 6) is -0.0313. The highest BCUT2D eigenvalue weighted by atomic mass is 14.9. The molecule has 1 atom stereocenters. The van der Waals surface area contributed by atoms with E-state index in [0.29, 0.717) is 5.41 Å². The molecule has 0 aliphatic heterocycles. The van der Waals surface area contributed by atoms with Crippen molar-refractivity contribution in [1.29, 1.82) is 5.26 Å². The highest BCUT2D eigenvalue weighted by molar-refractivity contribution is 5.25. The summed E-state index contributed by atoms with van der Waals surface area (Å²) in [7, 11) is 0. The third-order valence-corrected chi connectivity index (χ3v) is 4.07. The van der Waals surface area contributed by atoms with Crippen LogP contribution >= 0.6 is 0 Å². The second-order valence-electron chi connectivity index (χ2n) is 5.74. The van der Waals surface area contributed by atoms with E-state index in [4.69, 9.17) is 0 Å². The Balaban J connectivity index is 1.83. The molecule has 1 aromatic carbocycles. The number of hydrogen-bond donors (Lipinski definition) is 1. The summed E-state index contributed by atoms with van der Waals surface area (Å²) in [5.41, 5.74) is 1.57. The summed E-state index contributed by atoms with van der Waals surface area (Å²) in [5, 5.41) is 12.7. The van der Waals surface area contributed by atoms with Gasteiger partial charge >= 0.3 is 0 Å². The Morgan fingerprint density at radius 3 is 2.56 bits per heavy atom. The average molecular weight is 242 g/mol. The van der Waals surface area contributed by atoms with Crippen LogP contribution in [0.2, 0.25) is 0 Å². The van der Waals surface area contributed by atoms with Gasteiger partial charge in [0.2, 0.25) is 0 Å². The predicted octanol–water partition coefficient (Wildman–Crippen LogP) is 3.46. The number of rotatable bonds is 5. The molecule has 0 amide bonds. The summed E-state index contributed by atoms with van der Waals surface area (Å²) in [6.07, 6.45) is 5.36. The van der Waals surface area contributed by atoms with E-state index in [0.717, 1.165) is 18.7 Å². The minimum atomic E-state index is -0.0313. The van der Waals surface area contributed by atoms with E-state index in [9.17, 15) is 5.26 Å². The molecule has 1 fully saturated rings. The monoisotopic (exact) mass is 242 g/mol. The van der Waals surface area contributed by atoms with Crippen LogP contribution < -0.4 is 5.32 Å². The van der Waals surface area contributed by atoms with Crippen LogP contribution in [0.4, 0.5) is 0 Å². The van der Waals surface area contributed by atoms with Gasteiger partial charge in [-0.15, -0.1) is 0 Å². The molecule has 1 unspecified atom stereocenters. The van der Waals surface area contributed by atoms with Gasteiger partial charge in [-0.25, -0.2) is 0 Å². The van der Waals surface area contributed by atoms with Crippen molar-refractivity contribution < 1.29 is 0 Å². The van der Waals surface area contributed by atoms with Gasteiger partial charge in [-0.3, -0.25) is 0 Å². The normalized spacial score (nSPS) is 19.3. The van der Waals surface area contributed by atoms with E-state index in [1.54, 1.807) is 0 Å². The summed E-state index contributed by atoms with van der Waals surface area (Å²) in [4.78, 5) is 0. The molecule has 0 heterocycles. The van der Waals surface area contributed by atoms with Crippen molar-refractivity contribution in [2.24, 2.45) is 5.41 Å². The quantitative estimate of drug-likeness (QED) is 0.858. The fourth-order valence-corrected chi connectivity index (χ4v) is 2.85. The van der Waals surface area contributed by atoms with Crippen molar-refractivity contribution in [3.63, 3.8) is 0 Å². The molecule has 1 N–H and O–H groups in total. The standard InChI is InChI=1S/C16H22N2/c1-16(9-5-6-10-16)13-18-12-15(11-17)14-7-3-2-4-8-14/h2-4,7-8,15,18H,5-6,9-10,12-13H2,1H3. The van der Waals surface area contributed by atoms with E-state index in [1.165, 1.54) is 25.7 Å². The average Bonchev–Trinajstić information content (AvgIpc) is 2.83. The lowest BCUT2D eigenvalue weighted by molar-refractivity contribution is 0.315. The molecule has 0 saturated heterocycles. The highest BCUT2D eigenvalue weighted by Gasteiger charge is 2.28. The van der Waals surface area contributed by atoms with Gasteiger partial charge in [0.15, 0.2) is 0 Å². The number of hydrogen-bond acceptors (Lipinski definition) is 2. The molecule has 0 bridgehead atoms. The molecule has 96 valence electrons. The minimum absolute atomic E-state index is 0.0313. The maximum atomic E-state index is 9.25. The van der Waals surface area contributed by atoms with E-state index in [1.807, 2.05) is 30.3 Å². The molecule has 0 aromatic heterocycles. The first-order valence-corrected chi connectivity index (χ1v) is 6.89. The van der Waals surface area contributed by atoms with Gasteiger partial charge in [-0.05, 0) is 23.8 Å². The Labute approximate surface area is 110 Å². The fraction of sp³-hybridized carbons (Fsp3) is 0.562. The van der Waals surface area contributed by atoms with Gasteiger partial charge in [0.25, 0.3) is 0 Å². The predicted molar refractivity (Wildman–Crippen MR) is 74.2 cm³/mol. The third-order valence-electron chi connectivity index (χ3n) is 4.07. The zero-order valence-electron chi connectivity index (χ0n) is 11.2. The molecule has 2 heteroatoms. The highest BCUT2D eigenvalue weighted by Crippen LogP contribution is 2.36. The number of nitriles is 1. The minimum Gasteiger partial charge on any atom is -0.315 e. The third kappa shape index (κ3) is 3.34. The maximum Gasteiger partial charge on any atom is 0.0837 e. The first-order chi connectivity index (χ1) is 8.73. The Morgan fingerprint density at radius 2 is 1.94 bits per heavy atom. The molecule has 1 aliphatic rings. The van der Waals surface area contributed by atoms with E-state index < -0.39 is 0 Å². The van der Waals surface area contributed by atoms with Crippen LogP contribution in [0.5, 0.6) is 0 Å². The lowest BCUT2D eigenvalue weighted by Gasteiger charge is -2.24. The van der Waals surface area contributed by atoms with E-state index in [-0.39, 0.29) is 5.92 Å². The molecule has 1 saturated carbocycles. The van der Waals surface area contributed by atoms with Crippen molar-refractivity contribution in [3.05, 3.63) is 35.9 Å². The SMILES string of the molecule is CC1(CNCC(C#N)c2ccccc2)CCCC1. The fourth-order valence-electron chi connectivity index (χ4n) is 2.85. The second kappa shape index (κ2) is 6.02. The molecule has 2 rings (SSSR count). The zero-order valence-corrected chi connectivity index (χ0v) is 11.2. The van der Waals surface area contributed by atoms with Crippen molar-refractivity contribution in [2.75, 3.05) is 13.1 Å². The van der Waals surface area contributed by atoms with Gasteiger partial charge in [-0.1, -0.05) is 50.1 Å². The Morgan fingerprint density at radius 1 is 1.28 bits per heavy atom. The number of nitrogens with one attached hydrogen (secondary N) is 1. The molecule has 1 aromatic rings. The molecule has 0 spiro atoms. The van der Waals surface area contributed by atoms with Crippen LogP contribution in [0, 0.1) is 16.7 Å². The van der Waals surface area contributed by atoms with Crippen LogP contribution in [-0.4, -0.2) is 13.1 Å². The van der Waals surface area contributed by atoms with Crippen LogP contribution in [0.1, 0.15) is 44.1 Å². The first-order valence-electron chi connectivity index (χ1n) is 6.89. The van der Waals surface area contributed by atoms with Crippen LogP contribution in [0.25, 0.3) is 0 Å². The van der Waals surface area contributed by atoms with Crippen molar-refractivity contribution in [2.45, 2.75) is 38.5 Å². The number of nitrogens with zero attached hydrogens (tertiary/aromatic N) is 1. The molecular weight excluding hydrogens is 220 g/mol. The summed E-state index contributed by atoms with van der Waals surface area (Å²) < 4.78 is 0. The zero-order chi connectivity index (χ0) is 12.8. The van der Waals surface area contributed by atoms with Gasteiger partial charge in [0.05, 0.1) is 12.0 Å². The second-order valence-corrected chi connectivity index (χ2v) is 5.74. The van der Waals surface area contributed by atoms with Crippen molar-refractivity contribution >= 4 is 0 Å². The van der Waals surface area contributed by atoms with Crippen molar-refractivity contribution in [3.8, 4) is 6.07 Å². The summed E-state index contributed by atoms with van der Waals surface area (Å²) in [6.45, 7) is 4.16. The molecular formula is C16H22N2. The topological polar surface area (TPSA) is 35.8 Å². The first kappa shape index (κ1) is 13.1. The Kier molecular flexibility index (Phi) is 4.38. The molecule has 2 nitrogen and oxygen atoms in total. The van der Waals surface area contributed by atoms with Gasteiger partial charge in [0, 0.05) is 13.1 Å². The van der Waals surface area contributed by atoms with Crippen LogP contribution in [0.3, 0.4) is 0 Å². The molecule has 18 heavy (non-hydrogen) atoms. The smallest absolute Gasteiger partial charge is 0.0837 e.